The Morgan fingerprint density at radius 2 is 1.79 bits per heavy atom. The maximum Gasteiger partial charge on any atom is 0.107 e. The van der Waals surface area contributed by atoms with Crippen molar-refractivity contribution in [1.29, 1.82) is 0 Å². The number of fused-ring (bicyclic) bond motifs is 3. The van der Waals surface area contributed by atoms with E-state index in [0.29, 0.717) is 17.4 Å². The lowest BCUT2D eigenvalue weighted by Gasteiger charge is -2.61. The maximum atomic E-state index is 12.2. The van der Waals surface area contributed by atoms with E-state index in [2.05, 4.69) is 85.5 Å². The average molecular weight is 517 g/mol. The standard InChI is InChI=1S/C33H46N2O.C2H6/c1-11-27-20(3)29(23(6)34)22(5)33(8)31(36)30-21(4)28-19(2)14-15-24(13-12-16-35(9)10)26(28)17-25(30)18-32(27,33)7;1-2/h14-15,25,27,36H,4-6,11-13,16-18,34H2,1-3,7-10H3;1-2H3/t25-,27+,32-,33-;/m0./s1. The molecule has 0 bridgehead atoms. The lowest BCUT2D eigenvalue weighted by molar-refractivity contribution is -0.000499. The van der Waals surface area contributed by atoms with Crippen LogP contribution < -0.4 is 5.73 Å². The number of allylic oxidation sites excluding steroid dienone is 5. The first-order valence-corrected chi connectivity index (χ1v) is 14.6. The van der Waals surface area contributed by atoms with Crippen LogP contribution in [0.1, 0.15) is 83.1 Å². The smallest absolute Gasteiger partial charge is 0.107 e. The molecular formula is C35H52N2O. The molecule has 4 rings (SSSR count). The van der Waals surface area contributed by atoms with E-state index in [9.17, 15) is 5.11 Å². The first-order chi connectivity index (χ1) is 17.8. The molecule has 0 saturated heterocycles. The Morgan fingerprint density at radius 3 is 2.34 bits per heavy atom. The van der Waals surface area contributed by atoms with Crippen LogP contribution >= 0.6 is 0 Å². The summed E-state index contributed by atoms with van der Waals surface area (Å²) in [5, 5.41) is 12.2. The van der Waals surface area contributed by atoms with Crippen LogP contribution in [0.15, 0.2) is 65.6 Å². The zero-order valence-electron chi connectivity index (χ0n) is 25.6. The Bertz CT molecular complexity index is 1210. The van der Waals surface area contributed by atoms with Crippen molar-refractivity contribution in [1.82, 2.24) is 4.90 Å². The fraction of sp³-hybridized carbons (Fsp3) is 0.543. The molecule has 0 aliphatic heterocycles. The maximum absolute atomic E-state index is 12.2. The normalized spacial score (nSPS) is 28.5. The number of nitrogens with zero attached hydrogens (tertiary/aromatic N) is 1. The van der Waals surface area contributed by atoms with E-state index >= 15 is 0 Å². The van der Waals surface area contributed by atoms with Crippen LogP contribution in [0.3, 0.4) is 0 Å². The van der Waals surface area contributed by atoms with Gasteiger partial charge in [-0.15, -0.1) is 0 Å². The first-order valence-electron chi connectivity index (χ1n) is 14.6. The van der Waals surface area contributed by atoms with Gasteiger partial charge in [0.05, 0.1) is 5.41 Å². The van der Waals surface area contributed by atoms with Gasteiger partial charge in [-0.05, 0) is 130 Å². The highest BCUT2D eigenvalue weighted by Gasteiger charge is 2.61. The summed E-state index contributed by atoms with van der Waals surface area (Å²) in [6.07, 6.45) is 5.14. The number of rotatable bonds is 6. The molecule has 3 heteroatoms. The van der Waals surface area contributed by atoms with Gasteiger partial charge in [-0.1, -0.05) is 65.1 Å². The number of nitrogens with two attached hydrogens (primary N) is 1. The van der Waals surface area contributed by atoms with E-state index in [1.807, 2.05) is 13.8 Å². The van der Waals surface area contributed by atoms with Crippen molar-refractivity contribution in [2.24, 2.45) is 28.4 Å². The van der Waals surface area contributed by atoms with Gasteiger partial charge in [0.25, 0.3) is 0 Å². The van der Waals surface area contributed by atoms with Crippen LogP contribution in [0, 0.1) is 29.6 Å². The molecule has 3 nitrogen and oxygen atoms in total. The lowest BCUT2D eigenvalue weighted by Crippen LogP contribution is -2.54. The number of hydrogen-bond acceptors (Lipinski definition) is 3. The van der Waals surface area contributed by atoms with E-state index < -0.39 is 5.41 Å². The number of aliphatic hydroxyl groups excluding tert-OH is 1. The molecule has 3 aliphatic carbocycles. The van der Waals surface area contributed by atoms with Gasteiger partial charge in [-0.2, -0.15) is 0 Å². The second-order valence-electron chi connectivity index (χ2n) is 12.2. The highest BCUT2D eigenvalue weighted by Crippen LogP contribution is 2.69. The fourth-order valence-electron chi connectivity index (χ4n) is 8.10. The molecule has 0 spiro atoms. The molecule has 38 heavy (non-hydrogen) atoms. The van der Waals surface area contributed by atoms with Gasteiger partial charge < -0.3 is 15.7 Å². The summed E-state index contributed by atoms with van der Waals surface area (Å²) in [5.41, 5.74) is 16.6. The van der Waals surface area contributed by atoms with Crippen molar-refractivity contribution < 1.29 is 5.11 Å². The molecule has 0 saturated carbocycles. The van der Waals surface area contributed by atoms with Crippen LogP contribution in [-0.2, 0) is 12.8 Å². The van der Waals surface area contributed by atoms with Crippen molar-refractivity contribution in [2.75, 3.05) is 20.6 Å². The molecule has 4 atom stereocenters. The summed E-state index contributed by atoms with van der Waals surface area (Å²) < 4.78 is 0. The summed E-state index contributed by atoms with van der Waals surface area (Å²) in [6.45, 7) is 29.5. The van der Waals surface area contributed by atoms with Crippen molar-refractivity contribution in [2.45, 2.75) is 80.6 Å². The highest BCUT2D eigenvalue weighted by molar-refractivity contribution is 5.85. The van der Waals surface area contributed by atoms with Gasteiger partial charge in [0.2, 0.25) is 0 Å². The number of hydrogen-bond donors (Lipinski definition) is 2. The molecule has 3 aliphatic rings. The summed E-state index contributed by atoms with van der Waals surface area (Å²) >= 11 is 0. The predicted octanol–water partition coefficient (Wildman–Crippen LogP) is 8.31. The van der Waals surface area contributed by atoms with E-state index in [4.69, 9.17) is 5.73 Å². The predicted molar refractivity (Wildman–Crippen MR) is 165 cm³/mol. The SMILES string of the molecule is C=C(N)C1=C(C)[C@@H](CC)[C@]2(C)C[C@@H]3Cc4c(CCCN(C)C)ccc(C)c4C(=C)C3=C(O)[C@]2(C)C1=C.CC. The number of benzene rings is 1. The number of aliphatic hydroxyl groups is 1. The average Bonchev–Trinajstić information content (AvgIpc) is 2.84. The molecule has 0 amide bonds. The topological polar surface area (TPSA) is 49.5 Å². The molecule has 1 aromatic carbocycles. The highest BCUT2D eigenvalue weighted by atomic mass is 16.3. The van der Waals surface area contributed by atoms with Gasteiger partial charge in [0.1, 0.15) is 5.76 Å². The number of aryl methyl sites for hydroxylation is 2. The third-order valence-electron chi connectivity index (χ3n) is 10.0. The van der Waals surface area contributed by atoms with Crippen LogP contribution in [0.5, 0.6) is 0 Å². The summed E-state index contributed by atoms with van der Waals surface area (Å²) in [4.78, 5) is 2.25. The second kappa shape index (κ2) is 10.9. The summed E-state index contributed by atoms with van der Waals surface area (Å²) in [5.74, 6) is 0.984. The zero-order chi connectivity index (χ0) is 28.7. The molecule has 208 valence electrons. The third kappa shape index (κ3) is 4.31. The summed E-state index contributed by atoms with van der Waals surface area (Å²) in [6, 6.07) is 4.56. The quantitative estimate of drug-likeness (QED) is 0.400. The van der Waals surface area contributed by atoms with Crippen LogP contribution in [0.4, 0.5) is 0 Å². The van der Waals surface area contributed by atoms with E-state index in [-0.39, 0.29) is 11.3 Å². The van der Waals surface area contributed by atoms with Crippen LogP contribution in [0.25, 0.3) is 5.57 Å². The zero-order valence-corrected chi connectivity index (χ0v) is 25.6. The fourth-order valence-corrected chi connectivity index (χ4v) is 8.10. The molecular weight excluding hydrogens is 464 g/mol. The van der Waals surface area contributed by atoms with Gasteiger partial charge in [-0.25, -0.2) is 0 Å². The monoisotopic (exact) mass is 516 g/mol. The largest absolute Gasteiger partial charge is 0.511 e. The minimum Gasteiger partial charge on any atom is -0.511 e. The van der Waals surface area contributed by atoms with Crippen molar-refractivity contribution >= 4 is 5.57 Å². The Morgan fingerprint density at radius 1 is 1.16 bits per heavy atom. The van der Waals surface area contributed by atoms with Gasteiger partial charge in [0, 0.05) is 11.3 Å². The van der Waals surface area contributed by atoms with Crippen molar-refractivity contribution in [3.63, 3.8) is 0 Å². The minimum atomic E-state index is -0.617. The van der Waals surface area contributed by atoms with Crippen molar-refractivity contribution in [3.05, 3.63) is 87.9 Å². The van der Waals surface area contributed by atoms with E-state index in [1.54, 1.807) is 0 Å². The van der Waals surface area contributed by atoms with Crippen LogP contribution in [0.2, 0.25) is 0 Å². The van der Waals surface area contributed by atoms with Gasteiger partial charge in [0.15, 0.2) is 0 Å². The molecule has 0 unspecified atom stereocenters. The Hall–Kier alpha value is -2.52. The van der Waals surface area contributed by atoms with Gasteiger partial charge in [-0.3, -0.25) is 0 Å². The molecule has 1 aromatic rings. The Labute approximate surface area is 232 Å². The molecule has 0 aromatic heterocycles. The molecule has 3 N–H and O–H groups in total. The molecule has 0 fully saturated rings. The summed E-state index contributed by atoms with van der Waals surface area (Å²) in [7, 11) is 4.27. The lowest BCUT2D eigenvalue weighted by atomic mass is 9.43. The Kier molecular flexibility index (Phi) is 8.63. The van der Waals surface area contributed by atoms with Crippen molar-refractivity contribution in [3.8, 4) is 0 Å². The minimum absolute atomic E-state index is 0.174. The van der Waals surface area contributed by atoms with Crippen LogP contribution in [-0.4, -0.2) is 30.6 Å². The van der Waals surface area contributed by atoms with E-state index in [1.165, 1.54) is 27.8 Å². The molecule has 0 radical (unpaired) electrons. The Balaban J connectivity index is 0.00000195. The third-order valence-corrected chi connectivity index (χ3v) is 10.0. The van der Waals surface area contributed by atoms with Gasteiger partial charge >= 0.3 is 0 Å². The second-order valence-corrected chi connectivity index (χ2v) is 12.2. The first kappa shape index (κ1) is 30.0. The molecule has 0 heterocycles. The van der Waals surface area contributed by atoms with E-state index in [0.717, 1.165) is 60.9 Å².